The minimum atomic E-state index is 0.216. The van der Waals surface area contributed by atoms with Crippen LogP contribution in [0, 0.1) is 6.92 Å². The van der Waals surface area contributed by atoms with E-state index < -0.39 is 0 Å². The fourth-order valence-electron chi connectivity index (χ4n) is 1.67. The minimum absolute atomic E-state index is 0.216. The van der Waals surface area contributed by atoms with Crippen LogP contribution in [0.1, 0.15) is 11.5 Å². The summed E-state index contributed by atoms with van der Waals surface area (Å²) >= 11 is 0. The Balaban J connectivity index is 1.82. The Morgan fingerprint density at radius 2 is 2.10 bits per heavy atom. The average Bonchev–Trinajstić information content (AvgIpc) is 3.16. The van der Waals surface area contributed by atoms with E-state index in [9.17, 15) is 0 Å². The lowest BCUT2D eigenvalue weighted by atomic mass is 10.4. The molecule has 10 heteroatoms. The van der Waals surface area contributed by atoms with Gasteiger partial charge in [-0.15, -0.1) is 0 Å². The lowest BCUT2D eigenvalue weighted by Gasteiger charge is -2.07. The Bertz CT molecular complexity index is 721. The molecule has 3 heterocycles. The first-order chi connectivity index (χ1) is 10.2. The van der Waals surface area contributed by atoms with Crippen molar-refractivity contribution >= 4 is 11.9 Å². The summed E-state index contributed by atoms with van der Waals surface area (Å²) in [4.78, 5) is 16.3. The maximum Gasteiger partial charge on any atom is 0.258 e. The van der Waals surface area contributed by atoms with Crippen molar-refractivity contribution in [2.24, 2.45) is 5.84 Å². The highest BCUT2D eigenvalue weighted by atomic mass is 16.3. The first-order valence-electron chi connectivity index (χ1n) is 6.11. The summed E-state index contributed by atoms with van der Waals surface area (Å²) in [5, 5.41) is 7.00. The Morgan fingerprint density at radius 1 is 1.24 bits per heavy atom. The van der Waals surface area contributed by atoms with E-state index in [4.69, 9.17) is 10.3 Å². The number of hydrogen-bond acceptors (Lipinski definition) is 9. The molecule has 0 aromatic carbocycles. The van der Waals surface area contributed by atoms with Gasteiger partial charge in [-0.25, -0.2) is 10.8 Å². The largest absolute Gasteiger partial charge is 0.465 e. The number of nitrogens with one attached hydrogen (secondary N) is 2. The predicted molar refractivity (Wildman–Crippen MR) is 73.3 cm³/mol. The number of nitrogens with two attached hydrogens (primary N) is 1. The molecule has 0 bridgehead atoms. The molecular weight excluding hydrogens is 274 g/mol. The zero-order valence-corrected chi connectivity index (χ0v) is 11.2. The molecular formula is C11H13N9O. The summed E-state index contributed by atoms with van der Waals surface area (Å²) < 4.78 is 6.87. The third-order valence-electron chi connectivity index (χ3n) is 2.59. The van der Waals surface area contributed by atoms with E-state index in [1.54, 1.807) is 0 Å². The monoisotopic (exact) mass is 287 g/mol. The fourth-order valence-corrected chi connectivity index (χ4v) is 1.67. The number of nitrogen functional groups attached to an aromatic ring is 1. The SMILES string of the molecule is Cc1ccc(CNc2nc(NN)nc(-n3cncn3)n2)o1. The summed E-state index contributed by atoms with van der Waals surface area (Å²) in [6.45, 7) is 2.32. The molecule has 0 amide bonds. The number of aromatic nitrogens is 6. The van der Waals surface area contributed by atoms with Gasteiger partial charge in [-0.05, 0) is 19.1 Å². The van der Waals surface area contributed by atoms with Crippen molar-refractivity contribution in [2.45, 2.75) is 13.5 Å². The standard InChI is InChI=1S/C11H13N9O/c1-7-2-3-8(21-7)4-14-9-16-10(19-12)18-11(17-9)20-6-13-5-15-20/h2-3,5-6H,4,12H2,1H3,(H2,14,16,17,18,19). The molecule has 3 aromatic heterocycles. The van der Waals surface area contributed by atoms with Crippen LogP contribution in [0.25, 0.3) is 5.95 Å². The number of nitrogens with zero attached hydrogens (tertiary/aromatic N) is 6. The first-order valence-corrected chi connectivity index (χ1v) is 6.11. The highest BCUT2D eigenvalue weighted by Gasteiger charge is 2.08. The summed E-state index contributed by atoms with van der Waals surface area (Å²) in [5.74, 6) is 7.84. The van der Waals surface area contributed by atoms with Gasteiger partial charge in [0.2, 0.25) is 11.9 Å². The van der Waals surface area contributed by atoms with Crippen LogP contribution in [0.4, 0.5) is 11.9 Å². The van der Waals surface area contributed by atoms with Crippen molar-refractivity contribution in [2.75, 3.05) is 10.7 Å². The highest BCUT2D eigenvalue weighted by molar-refractivity contribution is 5.37. The molecule has 0 fully saturated rings. The number of hydrogen-bond donors (Lipinski definition) is 3. The van der Waals surface area contributed by atoms with Crippen LogP contribution in [-0.4, -0.2) is 29.7 Å². The van der Waals surface area contributed by atoms with Crippen LogP contribution < -0.4 is 16.6 Å². The van der Waals surface area contributed by atoms with E-state index in [2.05, 4.69) is 35.8 Å². The van der Waals surface area contributed by atoms with Crippen molar-refractivity contribution in [3.8, 4) is 5.95 Å². The molecule has 0 atom stereocenters. The van der Waals surface area contributed by atoms with E-state index in [1.165, 1.54) is 17.3 Å². The van der Waals surface area contributed by atoms with Crippen LogP contribution in [0.5, 0.6) is 0 Å². The third-order valence-corrected chi connectivity index (χ3v) is 2.59. The molecule has 0 unspecified atom stereocenters. The Labute approximate surface area is 119 Å². The van der Waals surface area contributed by atoms with Crippen LogP contribution in [-0.2, 0) is 6.54 Å². The number of aryl methyl sites for hydroxylation is 1. The molecule has 0 saturated carbocycles. The summed E-state index contributed by atoms with van der Waals surface area (Å²) in [6.07, 6.45) is 2.87. The van der Waals surface area contributed by atoms with Gasteiger partial charge in [0.1, 0.15) is 24.2 Å². The van der Waals surface area contributed by atoms with Gasteiger partial charge in [-0.2, -0.15) is 24.7 Å². The summed E-state index contributed by atoms with van der Waals surface area (Å²) in [6, 6.07) is 3.77. The van der Waals surface area contributed by atoms with Crippen molar-refractivity contribution in [3.05, 3.63) is 36.3 Å². The van der Waals surface area contributed by atoms with Crippen molar-refractivity contribution in [1.29, 1.82) is 0 Å². The lowest BCUT2D eigenvalue weighted by molar-refractivity contribution is 0.490. The van der Waals surface area contributed by atoms with Crippen LogP contribution >= 0.6 is 0 Å². The number of anilines is 2. The van der Waals surface area contributed by atoms with Crippen LogP contribution in [0.15, 0.2) is 29.2 Å². The molecule has 0 radical (unpaired) electrons. The highest BCUT2D eigenvalue weighted by Crippen LogP contribution is 2.11. The fraction of sp³-hybridized carbons (Fsp3) is 0.182. The van der Waals surface area contributed by atoms with Crippen LogP contribution in [0.2, 0.25) is 0 Å². The van der Waals surface area contributed by atoms with E-state index in [0.717, 1.165) is 11.5 Å². The molecule has 10 nitrogen and oxygen atoms in total. The van der Waals surface area contributed by atoms with E-state index in [0.29, 0.717) is 18.4 Å². The first kappa shape index (κ1) is 13.0. The second kappa shape index (κ2) is 5.54. The van der Waals surface area contributed by atoms with E-state index >= 15 is 0 Å². The molecule has 3 aromatic rings. The molecule has 0 aliphatic carbocycles. The number of hydrazine groups is 1. The second-order valence-corrected chi connectivity index (χ2v) is 4.13. The molecule has 0 saturated heterocycles. The van der Waals surface area contributed by atoms with E-state index in [-0.39, 0.29) is 5.95 Å². The van der Waals surface area contributed by atoms with Crippen molar-refractivity contribution in [3.63, 3.8) is 0 Å². The maximum absolute atomic E-state index is 5.46. The third kappa shape index (κ3) is 2.95. The van der Waals surface area contributed by atoms with Crippen molar-refractivity contribution in [1.82, 2.24) is 29.7 Å². The molecule has 4 N–H and O–H groups in total. The van der Waals surface area contributed by atoms with Gasteiger partial charge < -0.3 is 9.73 Å². The predicted octanol–water partition coefficient (Wildman–Crippen LogP) is 0.251. The van der Waals surface area contributed by atoms with E-state index in [1.807, 2.05) is 19.1 Å². The second-order valence-electron chi connectivity index (χ2n) is 4.13. The molecule has 0 aliphatic rings. The van der Waals surface area contributed by atoms with Gasteiger partial charge >= 0.3 is 0 Å². The normalized spacial score (nSPS) is 10.6. The zero-order valence-electron chi connectivity index (χ0n) is 11.2. The zero-order chi connectivity index (χ0) is 14.7. The molecule has 3 rings (SSSR count). The average molecular weight is 287 g/mol. The molecule has 0 aliphatic heterocycles. The Kier molecular flexibility index (Phi) is 3.43. The molecule has 0 spiro atoms. The minimum Gasteiger partial charge on any atom is -0.465 e. The summed E-state index contributed by atoms with van der Waals surface area (Å²) in [7, 11) is 0. The Hall–Kier alpha value is -3.01. The van der Waals surface area contributed by atoms with Gasteiger partial charge in [-0.3, -0.25) is 5.43 Å². The maximum atomic E-state index is 5.46. The van der Waals surface area contributed by atoms with Crippen LogP contribution in [0.3, 0.4) is 0 Å². The molecule has 21 heavy (non-hydrogen) atoms. The van der Waals surface area contributed by atoms with Gasteiger partial charge in [0.05, 0.1) is 6.54 Å². The van der Waals surface area contributed by atoms with Gasteiger partial charge in [0.25, 0.3) is 5.95 Å². The topological polar surface area (TPSA) is 133 Å². The molecule has 108 valence electrons. The number of furan rings is 1. The van der Waals surface area contributed by atoms with Gasteiger partial charge in [0, 0.05) is 0 Å². The van der Waals surface area contributed by atoms with Gasteiger partial charge in [-0.1, -0.05) is 0 Å². The summed E-state index contributed by atoms with van der Waals surface area (Å²) in [5.41, 5.74) is 2.38. The smallest absolute Gasteiger partial charge is 0.258 e. The van der Waals surface area contributed by atoms with Crippen molar-refractivity contribution < 1.29 is 4.42 Å². The lowest BCUT2D eigenvalue weighted by Crippen LogP contribution is -2.16. The number of rotatable bonds is 5. The van der Waals surface area contributed by atoms with Gasteiger partial charge in [0.15, 0.2) is 0 Å². The quantitative estimate of drug-likeness (QED) is 0.446. The Morgan fingerprint density at radius 3 is 2.76 bits per heavy atom.